The first kappa shape index (κ1) is 21.4. The Morgan fingerprint density at radius 2 is 2.00 bits per heavy atom. The molecule has 0 aliphatic carbocycles. The lowest BCUT2D eigenvalue weighted by Gasteiger charge is -2.21. The topological polar surface area (TPSA) is 140 Å². The zero-order valence-corrected chi connectivity index (χ0v) is 16.8. The van der Waals surface area contributed by atoms with Crippen molar-refractivity contribution in [1.29, 1.82) is 0 Å². The Kier molecular flexibility index (Phi) is 7.08. The van der Waals surface area contributed by atoms with Gasteiger partial charge in [0.25, 0.3) is 5.97 Å². The number of aromatic nitrogens is 2. The number of hydrogen-bond acceptors (Lipinski definition) is 8. The lowest BCUT2D eigenvalue weighted by Crippen LogP contribution is -2.23. The van der Waals surface area contributed by atoms with Crippen molar-refractivity contribution in [3.63, 3.8) is 0 Å². The van der Waals surface area contributed by atoms with Gasteiger partial charge in [0, 0.05) is 44.0 Å². The van der Waals surface area contributed by atoms with E-state index in [9.17, 15) is 4.79 Å². The summed E-state index contributed by atoms with van der Waals surface area (Å²) in [6.45, 7) is 3.14. The van der Waals surface area contributed by atoms with Gasteiger partial charge in [-0.05, 0) is 42.5 Å². The second-order valence-corrected chi connectivity index (χ2v) is 7.16. The van der Waals surface area contributed by atoms with Crippen molar-refractivity contribution in [3.8, 4) is 0 Å². The monoisotopic (exact) mass is 411 g/mol. The molecule has 158 valence electrons. The molecule has 1 aromatic heterocycles. The molecule has 3 heterocycles. The highest BCUT2D eigenvalue weighted by atomic mass is 16.5. The zero-order chi connectivity index (χ0) is 21.5. The summed E-state index contributed by atoms with van der Waals surface area (Å²) in [5, 5.41) is 10.6. The molecule has 2 aromatic rings. The third-order valence-corrected chi connectivity index (χ3v) is 4.80. The average molecular weight is 411 g/mol. The van der Waals surface area contributed by atoms with Gasteiger partial charge in [-0.1, -0.05) is 6.07 Å². The predicted octanol–water partition coefficient (Wildman–Crippen LogP) is 2.58. The maximum absolute atomic E-state index is 12.8. The first-order chi connectivity index (χ1) is 14.4. The number of nitrogens with two attached hydrogens (primary N) is 1. The molecule has 9 nitrogen and oxygen atoms in total. The van der Waals surface area contributed by atoms with Crippen molar-refractivity contribution >= 4 is 34.9 Å². The molecule has 0 radical (unpaired) electrons. The number of nitrogens with zero attached hydrogens (tertiary/aromatic N) is 3. The van der Waals surface area contributed by atoms with Crippen molar-refractivity contribution in [2.75, 3.05) is 24.3 Å². The summed E-state index contributed by atoms with van der Waals surface area (Å²) in [7, 11) is 0. The molecule has 0 atom stereocenters. The number of aliphatic carboxylic acids is 1. The van der Waals surface area contributed by atoms with Crippen LogP contribution in [0.5, 0.6) is 0 Å². The van der Waals surface area contributed by atoms with Gasteiger partial charge in [0.1, 0.15) is 11.5 Å². The molecule has 0 spiro atoms. The fraction of sp³-hybridized carbons (Fsp3) is 0.381. The number of carboxylic acid groups (broad SMARTS) is 1. The van der Waals surface area contributed by atoms with E-state index in [0.29, 0.717) is 30.4 Å². The number of anilines is 3. The van der Waals surface area contributed by atoms with E-state index in [1.165, 1.54) is 0 Å². The molecule has 0 amide bonds. The number of fused-ring (bicyclic) bond motifs is 1. The number of nitrogen functional groups attached to an aromatic ring is 1. The average Bonchev–Trinajstić information content (AvgIpc) is 3.12. The van der Waals surface area contributed by atoms with E-state index in [0.717, 1.165) is 49.8 Å². The lowest BCUT2D eigenvalue weighted by molar-refractivity contribution is -0.134. The van der Waals surface area contributed by atoms with Crippen LogP contribution >= 0.6 is 0 Å². The maximum Gasteiger partial charge on any atom is 0.300 e. The number of benzene rings is 1. The van der Waals surface area contributed by atoms with E-state index in [-0.39, 0.29) is 11.7 Å². The Balaban J connectivity index is 0.000000589. The number of rotatable bonds is 5. The molecule has 2 aliphatic rings. The quantitative estimate of drug-likeness (QED) is 0.682. The van der Waals surface area contributed by atoms with Crippen molar-refractivity contribution in [1.82, 2.24) is 9.97 Å². The van der Waals surface area contributed by atoms with Crippen LogP contribution in [-0.4, -0.2) is 45.8 Å². The highest BCUT2D eigenvalue weighted by Crippen LogP contribution is 2.27. The van der Waals surface area contributed by atoms with Crippen molar-refractivity contribution in [2.24, 2.45) is 10.9 Å². The second kappa shape index (κ2) is 9.93. The van der Waals surface area contributed by atoms with Crippen LogP contribution in [-0.2, 0) is 20.9 Å². The van der Waals surface area contributed by atoms with Crippen LogP contribution in [0.2, 0.25) is 0 Å². The molecule has 0 bridgehead atoms. The molecule has 1 aromatic carbocycles. The van der Waals surface area contributed by atoms with Crippen LogP contribution in [0.15, 0.2) is 35.5 Å². The summed E-state index contributed by atoms with van der Waals surface area (Å²) >= 11 is 0. The van der Waals surface area contributed by atoms with Crippen LogP contribution in [0.25, 0.3) is 0 Å². The van der Waals surface area contributed by atoms with Gasteiger partial charge in [0.05, 0.1) is 6.54 Å². The Labute approximate surface area is 174 Å². The van der Waals surface area contributed by atoms with Gasteiger partial charge in [-0.3, -0.25) is 14.6 Å². The smallest absolute Gasteiger partial charge is 0.300 e. The first-order valence-electron chi connectivity index (χ1n) is 9.76. The van der Waals surface area contributed by atoms with Crippen LogP contribution in [0.1, 0.15) is 37.3 Å². The number of carbonyl (C=O) groups excluding carboxylic acids is 1. The van der Waals surface area contributed by atoms with Gasteiger partial charge < -0.3 is 20.9 Å². The Hall–Kier alpha value is -3.33. The van der Waals surface area contributed by atoms with E-state index in [1.54, 1.807) is 12.3 Å². The molecular weight excluding hydrogens is 386 g/mol. The van der Waals surface area contributed by atoms with Gasteiger partial charge in [-0.25, -0.2) is 4.98 Å². The normalized spacial score (nSPS) is 15.4. The molecule has 1 fully saturated rings. The van der Waals surface area contributed by atoms with Gasteiger partial charge in [-0.2, -0.15) is 4.98 Å². The van der Waals surface area contributed by atoms with E-state index < -0.39 is 5.97 Å². The number of aliphatic imine (C=N–C) groups is 1. The van der Waals surface area contributed by atoms with E-state index in [4.69, 9.17) is 20.4 Å². The zero-order valence-electron chi connectivity index (χ0n) is 16.8. The van der Waals surface area contributed by atoms with E-state index >= 15 is 0 Å². The number of ketones is 1. The van der Waals surface area contributed by atoms with Gasteiger partial charge in [-0.15, -0.1) is 0 Å². The molecular formula is C21H25N5O4. The van der Waals surface area contributed by atoms with Crippen LogP contribution in [0.4, 0.5) is 17.5 Å². The highest BCUT2D eigenvalue weighted by molar-refractivity contribution is 6.47. The minimum atomic E-state index is -0.833. The Morgan fingerprint density at radius 1 is 1.27 bits per heavy atom. The third-order valence-electron chi connectivity index (χ3n) is 4.80. The van der Waals surface area contributed by atoms with Crippen LogP contribution in [0.3, 0.4) is 0 Å². The Morgan fingerprint density at radius 3 is 2.70 bits per heavy atom. The molecule has 4 N–H and O–H groups in total. The first-order valence-corrected chi connectivity index (χ1v) is 9.76. The fourth-order valence-corrected chi connectivity index (χ4v) is 3.40. The lowest BCUT2D eigenvalue weighted by atomic mass is 9.91. The largest absolute Gasteiger partial charge is 0.481 e. The molecule has 2 aliphatic heterocycles. The van der Waals surface area contributed by atoms with Crippen molar-refractivity contribution < 1.29 is 19.4 Å². The number of ether oxygens (including phenoxy) is 1. The maximum atomic E-state index is 12.8. The number of nitrogens with one attached hydrogen (secondary N) is 1. The van der Waals surface area contributed by atoms with Crippen LogP contribution in [0, 0.1) is 5.92 Å². The summed E-state index contributed by atoms with van der Waals surface area (Å²) in [6, 6.07) is 7.66. The number of hydrogen-bond donors (Lipinski definition) is 3. The third kappa shape index (κ3) is 5.84. The van der Waals surface area contributed by atoms with Crippen LogP contribution < -0.4 is 11.1 Å². The summed E-state index contributed by atoms with van der Waals surface area (Å²) in [5.74, 6) is 0.514. The Bertz CT molecular complexity index is 950. The minimum absolute atomic E-state index is 0.124. The number of Topliss-reactive ketones (excluding diaryl/α,β-unsaturated/α-hetero) is 1. The van der Waals surface area contributed by atoms with Gasteiger partial charge in [0.15, 0.2) is 5.78 Å². The molecule has 9 heteroatoms. The molecule has 30 heavy (non-hydrogen) atoms. The van der Waals surface area contributed by atoms with Crippen molar-refractivity contribution in [3.05, 3.63) is 41.6 Å². The summed E-state index contributed by atoms with van der Waals surface area (Å²) in [5.41, 5.74) is 9.04. The molecule has 0 unspecified atom stereocenters. The highest BCUT2D eigenvalue weighted by Gasteiger charge is 2.26. The minimum Gasteiger partial charge on any atom is -0.481 e. The van der Waals surface area contributed by atoms with Gasteiger partial charge in [0.2, 0.25) is 5.95 Å². The van der Waals surface area contributed by atoms with Crippen molar-refractivity contribution in [2.45, 2.75) is 32.7 Å². The molecule has 1 saturated heterocycles. The van der Waals surface area contributed by atoms with E-state index in [1.807, 2.05) is 18.2 Å². The second-order valence-electron chi connectivity index (χ2n) is 7.16. The fourth-order valence-electron chi connectivity index (χ4n) is 3.40. The summed E-state index contributed by atoms with van der Waals surface area (Å²) < 4.78 is 5.37. The molecule has 0 saturated carbocycles. The van der Waals surface area contributed by atoms with E-state index in [2.05, 4.69) is 20.3 Å². The van der Waals surface area contributed by atoms with Gasteiger partial charge >= 0.3 is 0 Å². The summed E-state index contributed by atoms with van der Waals surface area (Å²) in [4.78, 5) is 34.3. The summed E-state index contributed by atoms with van der Waals surface area (Å²) in [6.07, 6.45) is 4.04. The predicted molar refractivity (Wildman–Crippen MR) is 113 cm³/mol. The standard InChI is InChI=1S/C19H21N5O2.C2H4O2/c20-19-21-6-3-17(24-19)23-14-2-1-13-11-22-18(15(13)10-14)16(25)9-12-4-7-26-8-5-12;1-2(3)4/h1-3,6,10,12H,4-5,7-9,11H2,(H3,20,21,23,24);1H3,(H,3,4). The number of carbonyl (C=O) groups is 2. The molecule has 4 rings (SSSR count). The number of carboxylic acids is 1. The SMILES string of the molecule is CC(=O)O.Nc1nccc(Nc2ccc3c(c2)C(C(=O)CC2CCOCC2)=NC3)n1.